The van der Waals surface area contributed by atoms with E-state index in [1.807, 2.05) is 0 Å². The largest absolute Gasteiger partial charge is 0.303 e. The van der Waals surface area contributed by atoms with Crippen molar-refractivity contribution in [1.82, 2.24) is 10.4 Å². The molecule has 2 amide bonds. The molecule has 5 nitrogen and oxygen atoms in total. The van der Waals surface area contributed by atoms with E-state index in [1.165, 1.54) is 0 Å². The smallest absolute Gasteiger partial charge is 0.243 e. The average molecular weight is 184 g/mol. The summed E-state index contributed by atoms with van der Waals surface area (Å²) >= 11 is 0. The highest BCUT2D eigenvalue weighted by molar-refractivity contribution is 5.96. The van der Waals surface area contributed by atoms with Crippen LogP contribution >= 0.6 is 0 Å². The SMILES string of the molecule is O=CCCNN1C(=O)CCCC1=O. The van der Waals surface area contributed by atoms with Crippen LogP contribution in [0.2, 0.25) is 0 Å². The standard InChI is InChI=1S/C8H12N2O3/c11-6-2-5-9-10-7(12)3-1-4-8(10)13/h6,9H,1-5H2. The zero-order valence-electron chi connectivity index (χ0n) is 7.28. The summed E-state index contributed by atoms with van der Waals surface area (Å²) < 4.78 is 0. The third kappa shape index (κ3) is 2.62. The molecule has 0 spiro atoms. The van der Waals surface area contributed by atoms with Crippen molar-refractivity contribution in [3.05, 3.63) is 0 Å². The first kappa shape index (κ1) is 9.85. The van der Waals surface area contributed by atoms with E-state index >= 15 is 0 Å². The maximum atomic E-state index is 11.2. The highest BCUT2D eigenvalue weighted by atomic mass is 16.2. The van der Waals surface area contributed by atoms with Crippen LogP contribution in [0.4, 0.5) is 0 Å². The summed E-state index contributed by atoms with van der Waals surface area (Å²) in [5.74, 6) is -0.413. The maximum absolute atomic E-state index is 11.2. The molecule has 1 heterocycles. The second-order valence-electron chi connectivity index (χ2n) is 2.84. The third-order valence-electron chi connectivity index (χ3n) is 1.81. The average Bonchev–Trinajstić information content (AvgIpc) is 2.10. The quantitative estimate of drug-likeness (QED) is 0.367. The van der Waals surface area contributed by atoms with Crippen LogP contribution in [0, 0.1) is 0 Å². The van der Waals surface area contributed by atoms with Gasteiger partial charge in [-0.3, -0.25) is 9.59 Å². The van der Waals surface area contributed by atoms with Gasteiger partial charge in [0.25, 0.3) is 0 Å². The van der Waals surface area contributed by atoms with Crippen molar-refractivity contribution >= 4 is 18.1 Å². The molecule has 0 atom stereocenters. The number of rotatable bonds is 4. The Morgan fingerprint density at radius 3 is 2.46 bits per heavy atom. The Labute approximate surface area is 76.1 Å². The molecule has 1 rings (SSSR count). The number of amides is 2. The van der Waals surface area contributed by atoms with Crippen LogP contribution in [-0.4, -0.2) is 29.7 Å². The summed E-state index contributed by atoms with van der Waals surface area (Å²) in [4.78, 5) is 32.3. The lowest BCUT2D eigenvalue weighted by Gasteiger charge is -2.24. The lowest BCUT2D eigenvalue weighted by molar-refractivity contribution is -0.152. The molecular weight excluding hydrogens is 172 g/mol. The molecule has 0 aromatic rings. The topological polar surface area (TPSA) is 66.5 Å². The van der Waals surface area contributed by atoms with Gasteiger partial charge in [-0.2, -0.15) is 0 Å². The number of hydrogen-bond donors (Lipinski definition) is 1. The van der Waals surface area contributed by atoms with E-state index in [-0.39, 0.29) is 11.8 Å². The van der Waals surface area contributed by atoms with E-state index in [0.29, 0.717) is 32.2 Å². The molecule has 0 unspecified atom stereocenters. The first-order chi connectivity index (χ1) is 6.25. The van der Waals surface area contributed by atoms with E-state index in [0.717, 1.165) is 11.3 Å². The number of aldehydes is 1. The molecule has 5 heteroatoms. The summed E-state index contributed by atoms with van der Waals surface area (Å²) in [7, 11) is 0. The Hall–Kier alpha value is -1.23. The van der Waals surface area contributed by atoms with Crippen LogP contribution < -0.4 is 5.43 Å². The number of carbonyl (C=O) groups is 3. The Morgan fingerprint density at radius 2 is 1.92 bits per heavy atom. The number of piperidine rings is 1. The Bertz CT molecular complexity index is 211. The minimum atomic E-state index is -0.206. The minimum Gasteiger partial charge on any atom is -0.303 e. The van der Waals surface area contributed by atoms with Gasteiger partial charge in [0.2, 0.25) is 11.8 Å². The van der Waals surface area contributed by atoms with Crippen LogP contribution in [0.15, 0.2) is 0 Å². The van der Waals surface area contributed by atoms with Crippen molar-refractivity contribution in [3.63, 3.8) is 0 Å². The molecule has 0 radical (unpaired) electrons. The van der Waals surface area contributed by atoms with Crippen molar-refractivity contribution in [1.29, 1.82) is 0 Å². The molecule has 1 saturated heterocycles. The van der Waals surface area contributed by atoms with Crippen molar-refractivity contribution < 1.29 is 14.4 Å². The summed E-state index contributed by atoms with van der Waals surface area (Å²) in [5, 5.41) is 1.02. The molecule has 1 aliphatic rings. The van der Waals surface area contributed by atoms with E-state index in [9.17, 15) is 14.4 Å². The molecule has 1 fully saturated rings. The van der Waals surface area contributed by atoms with E-state index < -0.39 is 0 Å². The van der Waals surface area contributed by atoms with E-state index in [4.69, 9.17) is 0 Å². The highest BCUT2D eigenvalue weighted by Gasteiger charge is 2.25. The zero-order valence-corrected chi connectivity index (χ0v) is 7.28. The van der Waals surface area contributed by atoms with Crippen LogP contribution in [0.1, 0.15) is 25.7 Å². The fraction of sp³-hybridized carbons (Fsp3) is 0.625. The van der Waals surface area contributed by atoms with Gasteiger partial charge in [-0.25, -0.2) is 10.4 Å². The lowest BCUT2D eigenvalue weighted by atomic mass is 10.1. The fourth-order valence-electron chi connectivity index (χ4n) is 1.17. The molecule has 72 valence electrons. The molecule has 0 saturated carbocycles. The number of nitrogens with zero attached hydrogens (tertiary/aromatic N) is 1. The van der Waals surface area contributed by atoms with E-state index in [1.54, 1.807) is 0 Å². The Balaban J connectivity index is 2.39. The van der Waals surface area contributed by atoms with Crippen LogP contribution in [0.5, 0.6) is 0 Å². The van der Waals surface area contributed by atoms with E-state index in [2.05, 4.69) is 5.43 Å². The number of nitrogens with one attached hydrogen (secondary N) is 1. The number of hydrogen-bond acceptors (Lipinski definition) is 4. The van der Waals surface area contributed by atoms with Gasteiger partial charge < -0.3 is 4.79 Å². The van der Waals surface area contributed by atoms with Crippen molar-refractivity contribution in [3.8, 4) is 0 Å². The number of carbonyl (C=O) groups excluding carboxylic acids is 3. The first-order valence-electron chi connectivity index (χ1n) is 4.28. The fourth-order valence-corrected chi connectivity index (χ4v) is 1.17. The Morgan fingerprint density at radius 1 is 1.31 bits per heavy atom. The van der Waals surface area contributed by atoms with Gasteiger partial charge >= 0.3 is 0 Å². The monoisotopic (exact) mass is 184 g/mol. The van der Waals surface area contributed by atoms with Crippen molar-refractivity contribution in [2.75, 3.05) is 6.54 Å². The Kier molecular flexibility index (Phi) is 3.57. The van der Waals surface area contributed by atoms with Crippen molar-refractivity contribution in [2.45, 2.75) is 25.7 Å². The molecule has 13 heavy (non-hydrogen) atoms. The summed E-state index contributed by atoms with van der Waals surface area (Å²) in [6.07, 6.45) is 2.48. The molecule has 0 aromatic heterocycles. The molecule has 0 bridgehead atoms. The van der Waals surface area contributed by atoms with Gasteiger partial charge in [-0.1, -0.05) is 0 Å². The molecule has 0 aliphatic carbocycles. The predicted octanol–water partition coefficient (Wildman–Crippen LogP) is -0.381. The van der Waals surface area contributed by atoms with Gasteiger partial charge in [0, 0.05) is 25.8 Å². The summed E-state index contributed by atoms with van der Waals surface area (Å²) in [6, 6.07) is 0. The van der Waals surface area contributed by atoms with Crippen LogP contribution in [0.25, 0.3) is 0 Å². The summed E-state index contributed by atoms with van der Waals surface area (Å²) in [6.45, 7) is 0.334. The number of hydrazine groups is 1. The normalized spacial score (nSPS) is 17.7. The molecule has 1 aliphatic heterocycles. The van der Waals surface area contributed by atoms with Crippen LogP contribution in [-0.2, 0) is 14.4 Å². The molecule has 1 N–H and O–H groups in total. The number of imide groups is 1. The molecule has 0 aromatic carbocycles. The lowest BCUT2D eigenvalue weighted by Crippen LogP contribution is -2.49. The zero-order chi connectivity index (χ0) is 9.68. The minimum absolute atomic E-state index is 0.206. The maximum Gasteiger partial charge on any atom is 0.243 e. The van der Waals surface area contributed by atoms with Gasteiger partial charge in [0.1, 0.15) is 6.29 Å². The third-order valence-corrected chi connectivity index (χ3v) is 1.81. The summed E-state index contributed by atoms with van der Waals surface area (Å²) in [5.41, 5.74) is 2.63. The van der Waals surface area contributed by atoms with Gasteiger partial charge in [-0.05, 0) is 6.42 Å². The van der Waals surface area contributed by atoms with Crippen molar-refractivity contribution in [2.24, 2.45) is 0 Å². The highest BCUT2D eigenvalue weighted by Crippen LogP contribution is 2.09. The predicted molar refractivity (Wildman–Crippen MR) is 44.4 cm³/mol. The van der Waals surface area contributed by atoms with Crippen LogP contribution in [0.3, 0.4) is 0 Å². The second kappa shape index (κ2) is 4.71. The second-order valence-corrected chi connectivity index (χ2v) is 2.84. The van der Waals surface area contributed by atoms with Gasteiger partial charge in [0.15, 0.2) is 0 Å². The van der Waals surface area contributed by atoms with Gasteiger partial charge in [-0.15, -0.1) is 0 Å². The van der Waals surface area contributed by atoms with Gasteiger partial charge in [0.05, 0.1) is 0 Å². The molecular formula is C8H12N2O3. The first-order valence-corrected chi connectivity index (χ1v) is 4.28.